The predicted octanol–water partition coefficient (Wildman–Crippen LogP) is 1.55. The second-order valence-corrected chi connectivity index (χ2v) is 6.42. The standard InChI is InChI=1S/C17H20F2N2O3/c18-12-4-3-5-13(19)14(12)15(22)20-8-10-21(11-9-20)16(23)17(24)6-1-2-7-17/h3-5,24H,1-2,6-11H2. The lowest BCUT2D eigenvalue weighted by Crippen LogP contribution is -2.56. The third-order valence-corrected chi connectivity index (χ3v) is 4.86. The Bertz CT molecular complexity index is 631. The Hall–Kier alpha value is -2.02. The molecule has 1 heterocycles. The second kappa shape index (κ2) is 6.47. The van der Waals surface area contributed by atoms with E-state index >= 15 is 0 Å². The van der Waals surface area contributed by atoms with Crippen molar-refractivity contribution in [3.05, 3.63) is 35.4 Å². The Balaban J connectivity index is 1.65. The molecule has 2 fully saturated rings. The van der Waals surface area contributed by atoms with Crippen molar-refractivity contribution >= 4 is 11.8 Å². The summed E-state index contributed by atoms with van der Waals surface area (Å²) >= 11 is 0. The SMILES string of the molecule is O=C(c1c(F)cccc1F)N1CCN(C(=O)C2(O)CCCC2)CC1. The van der Waals surface area contributed by atoms with E-state index in [1.807, 2.05) is 0 Å². The van der Waals surface area contributed by atoms with Gasteiger partial charge in [-0.25, -0.2) is 8.78 Å². The summed E-state index contributed by atoms with van der Waals surface area (Å²) < 4.78 is 27.5. The van der Waals surface area contributed by atoms with Crippen LogP contribution in [0.3, 0.4) is 0 Å². The zero-order valence-corrected chi connectivity index (χ0v) is 13.3. The molecule has 1 aliphatic heterocycles. The van der Waals surface area contributed by atoms with Gasteiger partial charge in [-0.2, -0.15) is 0 Å². The Morgan fingerprint density at radius 1 is 0.958 bits per heavy atom. The number of halogens is 2. The van der Waals surface area contributed by atoms with Gasteiger partial charge in [0.15, 0.2) is 0 Å². The number of piperazine rings is 1. The van der Waals surface area contributed by atoms with Crippen LogP contribution in [0.2, 0.25) is 0 Å². The summed E-state index contributed by atoms with van der Waals surface area (Å²) in [5, 5.41) is 10.4. The van der Waals surface area contributed by atoms with Gasteiger partial charge in [-0.3, -0.25) is 9.59 Å². The number of carbonyl (C=O) groups is 2. The van der Waals surface area contributed by atoms with Crippen molar-refractivity contribution in [3.8, 4) is 0 Å². The molecule has 0 unspecified atom stereocenters. The van der Waals surface area contributed by atoms with Gasteiger partial charge in [0.2, 0.25) is 0 Å². The molecule has 0 atom stereocenters. The lowest BCUT2D eigenvalue weighted by molar-refractivity contribution is -0.152. The highest BCUT2D eigenvalue weighted by Gasteiger charge is 2.42. The third-order valence-electron chi connectivity index (χ3n) is 4.86. The molecule has 0 bridgehead atoms. The van der Waals surface area contributed by atoms with Crippen molar-refractivity contribution in [2.24, 2.45) is 0 Å². The topological polar surface area (TPSA) is 60.9 Å². The van der Waals surface area contributed by atoms with E-state index in [-0.39, 0.29) is 32.1 Å². The van der Waals surface area contributed by atoms with Gasteiger partial charge in [0, 0.05) is 26.2 Å². The fourth-order valence-corrected chi connectivity index (χ4v) is 3.44. The van der Waals surface area contributed by atoms with Crippen LogP contribution < -0.4 is 0 Å². The smallest absolute Gasteiger partial charge is 0.259 e. The predicted molar refractivity (Wildman–Crippen MR) is 82.3 cm³/mol. The quantitative estimate of drug-likeness (QED) is 0.890. The molecule has 1 saturated heterocycles. The minimum atomic E-state index is -1.29. The Kier molecular flexibility index (Phi) is 4.54. The fraction of sp³-hybridized carbons (Fsp3) is 0.529. The molecule has 130 valence electrons. The van der Waals surface area contributed by atoms with Gasteiger partial charge in [-0.15, -0.1) is 0 Å². The van der Waals surface area contributed by atoms with Gasteiger partial charge in [0.1, 0.15) is 22.8 Å². The molecule has 0 aromatic heterocycles. The van der Waals surface area contributed by atoms with Gasteiger partial charge in [0.05, 0.1) is 0 Å². The minimum Gasteiger partial charge on any atom is -0.380 e. The molecule has 0 spiro atoms. The number of rotatable bonds is 2. The molecular weight excluding hydrogens is 318 g/mol. The van der Waals surface area contributed by atoms with Crippen LogP contribution in [0, 0.1) is 11.6 Å². The maximum atomic E-state index is 13.7. The maximum absolute atomic E-state index is 13.7. The molecule has 1 aromatic carbocycles. The van der Waals surface area contributed by atoms with Crippen LogP contribution in [0.4, 0.5) is 8.78 Å². The lowest BCUT2D eigenvalue weighted by Gasteiger charge is -2.38. The first-order valence-corrected chi connectivity index (χ1v) is 8.17. The number of nitrogens with zero attached hydrogens (tertiary/aromatic N) is 2. The number of hydrogen-bond acceptors (Lipinski definition) is 3. The maximum Gasteiger partial charge on any atom is 0.259 e. The summed E-state index contributed by atoms with van der Waals surface area (Å²) in [5.74, 6) is -2.79. The van der Waals surface area contributed by atoms with Crippen LogP contribution >= 0.6 is 0 Å². The molecule has 1 N–H and O–H groups in total. The highest BCUT2D eigenvalue weighted by atomic mass is 19.1. The van der Waals surface area contributed by atoms with Crippen LogP contribution in [0.1, 0.15) is 36.0 Å². The summed E-state index contributed by atoms with van der Waals surface area (Å²) in [6.07, 6.45) is 2.58. The van der Waals surface area contributed by atoms with E-state index < -0.39 is 28.7 Å². The molecule has 5 nitrogen and oxygen atoms in total. The Morgan fingerprint density at radius 2 is 1.46 bits per heavy atom. The summed E-state index contributed by atoms with van der Waals surface area (Å²) in [4.78, 5) is 27.6. The highest BCUT2D eigenvalue weighted by molar-refractivity contribution is 5.95. The van der Waals surface area contributed by atoms with E-state index in [1.54, 1.807) is 0 Å². The van der Waals surface area contributed by atoms with Crippen molar-refractivity contribution in [1.29, 1.82) is 0 Å². The summed E-state index contributed by atoms with van der Waals surface area (Å²) in [5.41, 5.74) is -1.85. The van der Waals surface area contributed by atoms with E-state index in [1.165, 1.54) is 15.9 Å². The van der Waals surface area contributed by atoms with Crippen LogP contribution in [-0.2, 0) is 4.79 Å². The molecule has 2 amide bonds. The zero-order valence-electron chi connectivity index (χ0n) is 13.3. The zero-order chi connectivity index (χ0) is 17.3. The van der Waals surface area contributed by atoms with Gasteiger partial charge in [0.25, 0.3) is 11.8 Å². The van der Waals surface area contributed by atoms with Crippen LogP contribution in [0.15, 0.2) is 18.2 Å². The highest BCUT2D eigenvalue weighted by Crippen LogP contribution is 2.31. The second-order valence-electron chi connectivity index (χ2n) is 6.42. The Labute approximate surface area is 138 Å². The van der Waals surface area contributed by atoms with E-state index in [9.17, 15) is 23.5 Å². The van der Waals surface area contributed by atoms with Crippen molar-refractivity contribution in [1.82, 2.24) is 9.80 Å². The first kappa shape index (κ1) is 16.8. The largest absolute Gasteiger partial charge is 0.380 e. The Morgan fingerprint density at radius 3 is 2.00 bits per heavy atom. The van der Waals surface area contributed by atoms with E-state index in [0.717, 1.165) is 25.0 Å². The number of amides is 2. The summed E-state index contributed by atoms with van der Waals surface area (Å²) in [6, 6.07) is 3.30. The lowest BCUT2D eigenvalue weighted by atomic mass is 10.00. The molecule has 1 saturated carbocycles. The molecule has 0 radical (unpaired) electrons. The average Bonchev–Trinajstić information content (AvgIpc) is 3.02. The van der Waals surface area contributed by atoms with Gasteiger partial charge < -0.3 is 14.9 Å². The van der Waals surface area contributed by atoms with Crippen molar-refractivity contribution in [3.63, 3.8) is 0 Å². The van der Waals surface area contributed by atoms with Crippen molar-refractivity contribution in [2.45, 2.75) is 31.3 Å². The van der Waals surface area contributed by atoms with Gasteiger partial charge >= 0.3 is 0 Å². The van der Waals surface area contributed by atoms with E-state index in [2.05, 4.69) is 0 Å². The van der Waals surface area contributed by atoms with E-state index in [0.29, 0.717) is 12.8 Å². The van der Waals surface area contributed by atoms with Crippen molar-refractivity contribution in [2.75, 3.05) is 26.2 Å². The third kappa shape index (κ3) is 3.00. The average molecular weight is 338 g/mol. The number of hydrogen-bond donors (Lipinski definition) is 1. The first-order valence-electron chi connectivity index (χ1n) is 8.17. The van der Waals surface area contributed by atoms with Crippen LogP contribution in [0.25, 0.3) is 0 Å². The summed E-state index contributed by atoms with van der Waals surface area (Å²) in [7, 11) is 0. The van der Waals surface area contributed by atoms with Crippen molar-refractivity contribution < 1.29 is 23.5 Å². The molecule has 24 heavy (non-hydrogen) atoms. The first-order chi connectivity index (χ1) is 11.4. The monoisotopic (exact) mass is 338 g/mol. The molecule has 3 rings (SSSR count). The van der Waals surface area contributed by atoms with Gasteiger partial charge in [-0.05, 0) is 37.8 Å². The van der Waals surface area contributed by atoms with Gasteiger partial charge in [-0.1, -0.05) is 6.07 Å². The van der Waals surface area contributed by atoms with E-state index in [4.69, 9.17) is 0 Å². The molecular formula is C17H20F2N2O3. The molecule has 2 aliphatic rings. The van der Waals surface area contributed by atoms with Crippen LogP contribution in [0.5, 0.6) is 0 Å². The molecule has 1 aromatic rings. The normalized spacial score (nSPS) is 20.3. The number of carbonyl (C=O) groups excluding carboxylic acids is 2. The summed E-state index contributed by atoms with van der Waals surface area (Å²) in [6.45, 7) is 0.884. The molecule has 1 aliphatic carbocycles. The molecule has 7 heteroatoms. The minimum absolute atomic E-state index is 0.189. The number of aliphatic hydroxyl groups is 1. The van der Waals surface area contributed by atoms with Crippen LogP contribution in [-0.4, -0.2) is 58.5 Å². The number of benzene rings is 1. The fourth-order valence-electron chi connectivity index (χ4n) is 3.44.